The Morgan fingerprint density at radius 3 is 2.36 bits per heavy atom. The lowest BCUT2D eigenvalue weighted by atomic mass is 9.52. The molecule has 3 atom stereocenters. The third-order valence-electron chi connectivity index (χ3n) is 5.20. The Balaban J connectivity index is 5.77. The Morgan fingerprint density at radius 1 is 1.41 bits per heavy atom. The Morgan fingerprint density at radius 2 is 2.00 bits per heavy atom. The standard InChI is InChI=1S/C16H32BNO4/c1-5-8-15(4,14(19)20)16(9-6-2,13(3)12-18)10-7-11-17(21)22/h5,13,21-22H,1,6-12,18H2,2-4H3,(H,19,20). The largest absolute Gasteiger partial charge is 0.481 e. The molecule has 0 aliphatic rings. The summed E-state index contributed by atoms with van der Waals surface area (Å²) in [4.78, 5) is 12.1. The predicted molar refractivity (Wildman–Crippen MR) is 90.3 cm³/mol. The van der Waals surface area contributed by atoms with Crippen LogP contribution in [0.25, 0.3) is 0 Å². The molecule has 0 radical (unpaired) electrons. The highest BCUT2D eigenvalue weighted by Gasteiger charge is 2.53. The van der Waals surface area contributed by atoms with Crippen LogP contribution in [0, 0.1) is 16.7 Å². The summed E-state index contributed by atoms with van der Waals surface area (Å²) in [5, 5.41) is 28.1. The van der Waals surface area contributed by atoms with E-state index < -0.39 is 23.9 Å². The summed E-state index contributed by atoms with van der Waals surface area (Å²) >= 11 is 0. The van der Waals surface area contributed by atoms with Gasteiger partial charge in [0.05, 0.1) is 5.41 Å². The maximum absolute atomic E-state index is 12.1. The molecule has 0 aliphatic heterocycles. The van der Waals surface area contributed by atoms with Crippen molar-refractivity contribution < 1.29 is 19.9 Å². The van der Waals surface area contributed by atoms with Crippen molar-refractivity contribution in [1.29, 1.82) is 0 Å². The average molecular weight is 313 g/mol. The van der Waals surface area contributed by atoms with E-state index >= 15 is 0 Å². The van der Waals surface area contributed by atoms with Gasteiger partial charge in [-0.05, 0) is 50.4 Å². The molecule has 0 aromatic rings. The first-order chi connectivity index (χ1) is 10.2. The summed E-state index contributed by atoms with van der Waals surface area (Å²) in [6, 6.07) is 0. The molecule has 0 fully saturated rings. The first-order valence-electron chi connectivity index (χ1n) is 8.12. The summed E-state index contributed by atoms with van der Waals surface area (Å²) in [5.41, 5.74) is 4.43. The third kappa shape index (κ3) is 4.57. The van der Waals surface area contributed by atoms with E-state index in [2.05, 4.69) is 6.58 Å². The first-order valence-corrected chi connectivity index (χ1v) is 8.12. The summed E-state index contributed by atoms with van der Waals surface area (Å²) in [6.07, 6.45) is 5.02. The molecule has 128 valence electrons. The van der Waals surface area contributed by atoms with E-state index in [-0.39, 0.29) is 12.2 Å². The lowest BCUT2D eigenvalue weighted by Crippen LogP contribution is -2.51. The minimum atomic E-state index is -1.36. The highest BCUT2D eigenvalue weighted by Crippen LogP contribution is 2.54. The number of carboxylic acids is 1. The fraction of sp³-hybridized carbons (Fsp3) is 0.812. The van der Waals surface area contributed by atoms with Gasteiger partial charge >= 0.3 is 13.1 Å². The lowest BCUT2D eigenvalue weighted by Gasteiger charge is -2.50. The molecule has 3 unspecified atom stereocenters. The molecule has 22 heavy (non-hydrogen) atoms. The number of aliphatic carboxylic acids is 1. The predicted octanol–water partition coefficient (Wildman–Crippen LogP) is 2.29. The average Bonchev–Trinajstić information content (AvgIpc) is 2.44. The topological polar surface area (TPSA) is 104 Å². The van der Waals surface area contributed by atoms with Crippen LogP contribution >= 0.6 is 0 Å². The van der Waals surface area contributed by atoms with Crippen LogP contribution in [0.2, 0.25) is 6.32 Å². The summed E-state index contributed by atoms with van der Waals surface area (Å²) in [6.45, 7) is 9.93. The zero-order valence-electron chi connectivity index (χ0n) is 14.2. The Bertz CT molecular complexity index is 364. The van der Waals surface area contributed by atoms with E-state index in [1.54, 1.807) is 13.0 Å². The van der Waals surface area contributed by atoms with E-state index in [4.69, 9.17) is 15.8 Å². The van der Waals surface area contributed by atoms with Crippen LogP contribution in [0.4, 0.5) is 0 Å². The van der Waals surface area contributed by atoms with Crippen LogP contribution < -0.4 is 5.73 Å². The number of hydrogen-bond donors (Lipinski definition) is 4. The zero-order chi connectivity index (χ0) is 17.4. The molecule has 0 aromatic carbocycles. The molecule has 0 saturated carbocycles. The molecule has 5 N–H and O–H groups in total. The van der Waals surface area contributed by atoms with Crippen LogP contribution in [0.5, 0.6) is 0 Å². The molecule has 0 spiro atoms. The number of allylic oxidation sites excluding steroid dienone is 1. The Labute approximate surface area is 134 Å². The maximum Gasteiger partial charge on any atom is 0.451 e. The van der Waals surface area contributed by atoms with Crippen molar-refractivity contribution in [3.05, 3.63) is 12.7 Å². The second-order valence-electron chi connectivity index (χ2n) is 6.55. The van der Waals surface area contributed by atoms with E-state index in [0.29, 0.717) is 25.8 Å². The summed E-state index contributed by atoms with van der Waals surface area (Å²) in [5.74, 6) is -0.824. The van der Waals surface area contributed by atoms with Gasteiger partial charge in [-0.1, -0.05) is 32.8 Å². The molecule has 0 saturated heterocycles. The molecule has 0 heterocycles. The minimum Gasteiger partial charge on any atom is -0.481 e. The van der Waals surface area contributed by atoms with Gasteiger partial charge in [0.1, 0.15) is 0 Å². The van der Waals surface area contributed by atoms with E-state index in [0.717, 1.165) is 12.8 Å². The van der Waals surface area contributed by atoms with Gasteiger partial charge in [-0.3, -0.25) is 4.79 Å². The highest BCUT2D eigenvalue weighted by atomic mass is 16.4. The van der Waals surface area contributed by atoms with Crippen LogP contribution in [-0.4, -0.2) is 34.8 Å². The first kappa shape index (κ1) is 21.2. The highest BCUT2D eigenvalue weighted by molar-refractivity contribution is 6.40. The van der Waals surface area contributed by atoms with Gasteiger partial charge < -0.3 is 20.9 Å². The minimum absolute atomic E-state index is 0.0179. The van der Waals surface area contributed by atoms with E-state index in [1.165, 1.54) is 0 Å². The van der Waals surface area contributed by atoms with E-state index in [9.17, 15) is 9.90 Å². The van der Waals surface area contributed by atoms with Crippen molar-refractivity contribution in [1.82, 2.24) is 0 Å². The summed E-state index contributed by atoms with van der Waals surface area (Å²) in [7, 11) is -1.36. The SMILES string of the molecule is C=CCC(C)(C(=O)O)C(CCC)(CCCB(O)O)C(C)CN. The van der Waals surface area contributed by atoms with Gasteiger partial charge in [0.25, 0.3) is 0 Å². The fourth-order valence-electron chi connectivity index (χ4n) is 3.78. The quantitative estimate of drug-likeness (QED) is 0.327. The van der Waals surface area contributed by atoms with Crippen molar-refractivity contribution in [2.45, 2.75) is 59.2 Å². The molecule has 6 heteroatoms. The number of hydrogen-bond acceptors (Lipinski definition) is 4. The molecule has 0 aromatic heterocycles. The van der Waals surface area contributed by atoms with Gasteiger partial charge in [0, 0.05) is 0 Å². The fourth-order valence-corrected chi connectivity index (χ4v) is 3.78. The van der Waals surface area contributed by atoms with Crippen molar-refractivity contribution in [2.24, 2.45) is 22.5 Å². The smallest absolute Gasteiger partial charge is 0.451 e. The molecule has 0 rings (SSSR count). The van der Waals surface area contributed by atoms with Gasteiger partial charge in [0.2, 0.25) is 0 Å². The van der Waals surface area contributed by atoms with Crippen molar-refractivity contribution in [3.63, 3.8) is 0 Å². The second-order valence-corrected chi connectivity index (χ2v) is 6.55. The molecule has 0 amide bonds. The maximum atomic E-state index is 12.1. The Hall–Kier alpha value is -0.845. The molecule has 5 nitrogen and oxygen atoms in total. The van der Waals surface area contributed by atoms with Crippen LogP contribution in [0.15, 0.2) is 12.7 Å². The summed E-state index contributed by atoms with van der Waals surface area (Å²) < 4.78 is 0. The van der Waals surface area contributed by atoms with Gasteiger partial charge in [-0.15, -0.1) is 6.58 Å². The third-order valence-corrected chi connectivity index (χ3v) is 5.20. The molecular weight excluding hydrogens is 281 g/mol. The normalized spacial score (nSPS) is 18.1. The number of rotatable bonds is 12. The Kier molecular flexibility index (Phi) is 8.97. The molecule has 0 bridgehead atoms. The van der Waals surface area contributed by atoms with Gasteiger partial charge in [-0.2, -0.15) is 0 Å². The number of carbonyl (C=O) groups is 1. The van der Waals surface area contributed by atoms with Crippen molar-refractivity contribution in [2.75, 3.05) is 6.54 Å². The van der Waals surface area contributed by atoms with Crippen molar-refractivity contribution in [3.8, 4) is 0 Å². The van der Waals surface area contributed by atoms with Crippen LogP contribution in [-0.2, 0) is 4.79 Å². The van der Waals surface area contributed by atoms with Crippen molar-refractivity contribution >= 4 is 13.1 Å². The van der Waals surface area contributed by atoms with E-state index in [1.807, 2.05) is 13.8 Å². The van der Waals surface area contributed by atoms with Gasteiger partial charge in [0.15, 0.2) is 0 Å². The number of nitrogens with two attached hydrogens (primary N) is 1. The molecular formula is C16H32BNO4. The van der Waals surface area contributed by atoms with Crippen LogP contribution in [0.3, 0.4) is 0 Å². The lowest BCUT2D eigenvalue weighted by molar-refractivity contribution is -0.162. The monoisotopic (exact) mass is 313 g/mol. The second kappa shape index (κ2) is 9.33. The number of carboxylic acid groups (broad SMARTS) is 1. The van der Waals surface area contributed by atoms with Crippen LogP contribution in [0.1, 0.15) is 52.9 Å². The van der Waals surface area contributed by atoms with Gasteiger partial charge in [-0.25, -0.2) is 0 Å². The zero-order valence-corrected chi connectivity index (χ0v) is 14.2. The molecule has 0 aliphatic carbocycles.